The summed E-state index contributed by atoms with van der Waals surface area (Å²) in [5.74, 6) is 0.665. The SMILES string of the molecule is Cc1nc(COc2ccc(C(=O)N3CCN(c4cccc([N+](=O)[O-])c4)CC3)cc2)cs1. The highest BCUT2D eigenvalue weighted by Crippen LogP contribution is 2.23. The fraction of sp³-hybridized carbons (Fsp3) is 0.273. The summed E-state index contributed by atoms with van der Waals surface area (Å²) in [7, 11) is 0. The number of nitro groups is 1. The smallest absolute Gasteiger partial charge is 0.271 e. The Morgan fingerprint density at radius 3 is 2.55 bits per heavy atom. The summed E-state index contributed by atoms with van der Waals surface area (Å²) in [6.45, 7) is 4.73. The van der Waals surface area contributed by atoms with Crippen molar-refractivity contribution in [3.63, 3.8) is 0 Å². The maximum absolute atomic E-state index is 12.8. The minimum absolute atomic E-state index is 0.0274. The topological polar surface area (TPSA) is 88.8 Å². The molecule has 4 rings (SSSR count). The Morgan fingerprint density at radius 1 is 1.16 bits per heavy atom. The van der Waals surface area contributed by atoms with E-state index in [4.69, 9.17) is 4.74 Å². The summed E-state index contributed by atoms with van der Waals surface area (Å²) >= 11 is 1.59. The molecule has 31 heavy (non-hydrogen) atoms. The lowest BCUT2D eigenvalue weighted by atomic mass is 10.1. The first kappa shape index (κ1) is 20.8. The van der Waals surface area contributed by atoms with Gasteiger partial charge in [-0.15, -0.1) is 11.3 Å². The van der Waals surface area contributed by atoms with E-state index in [0.717, 1.165) is 16.4 Å². The summed E-state index contributed by atoms with van der Waals surface area (Å²) in [5.41, 5.74) is 2.38. The molecular formula is C22H22N4O4S. The van der Waals surface area contributed by atoms with Gasteiger partial charge in [-0.05, 0) is 37.3 Å². The summed E-state index contributed by atoms with van der Waals surface area (Å²) in [4.78, 5) is 31.7. The van der Waals surface area contributed by atoms with E-state index in [1.165, 1.54) is 6.07 Å². The molecule has 8 nitrogen and oxygen atoms in total. The number of nitro benzene ring substituents is 1. The zero-order chi connectivity index (χ0) is 21.8. The van der Waals surface area contributed by atoms with Gasteiger partial charge in [-0.25, -0.2) is 4.98 Å². The van der Waals surface area contributed by atoms with E-state index < -0.39 is 4.92 Å². The third-order valence-corrected chi connectivity index (χ3v) is 5.95. The van der Waals surface area contributed by atoms with Gasteiger partial charge in [0.1, 0.15) is 12.4 Å². The first-order chi connectivity index (χ1) is 15.0. The van der Waals surface area contributed by atoms with Crippen molar-refractivity contribution in [2.45, 2.75) is 13.5 Å². The zero-order valence-electron chi connectivity index (χ0n) is 17.1. The fourth-order valence-electron chi connectivity index (χ4n) is 3.48. The molecule has 0 aliphatic carbocycles. The predicted octanol–water partition coefficient (Wildman–Crippen LogP) is 3.90. The first-order valence-corrected chi connectivity index (χ1v) is 10.8. The van der Waals surface area contributed by atoms with Crippen molar-refractivity contribution < 1.29 is 14.5 Å². The number of non-ortho nitro benzene ring substituents is 1. The lowest BCUT2D eigenvalue weighted by Gasteiger charge is -2.36. The Balaban J connectivity index is 1.32. The number of hydrogen-bond acceptors (Lipinski definition) is 7. The number of carbonyl (C=O) groups excluding carboxylic acids is 1. The lowest BCUT2D eigenvalue weighted by molar-refractivity contribution is -0.384. The van der Waals surface area contributed by atoms with E-state index in [0.29, 0.717) is 44.1 Å². The molecule has 1 fully saturated rings. The van der Waals surface area contributed by atoms with Gasteiger partial charge in [0.25, 0.3) is 11.6 Å². The van der Waals surface area contributed by atoms with Crippen LogP contribution in [0.1, 0.15) is 21.1 Å². The van der Waals surface area contributed by atoms with Crippen molar-refractivity contribution >= 4 is 28.6 Å². The molecule has 3 aromatic rings. The molecule has 0 saturated carbocycles. The van der Waals surface area contributed by atoms with E-state index in [1.807, 2.05) is 23.3 Å². The molecule has 1 aromatic heterocycles. The average molecular weight is 439 g/mol. The second kappa shape index (κ2) is 9.13. The monoisotopic (exact) mass is 438 g/mol. The maximum atomic E-state index is 12.8. The van der Waals surface area contributed by atoms with Crippen molar-refractivity contribution in [1.82, 2.24) is 9.88 Å². The van der Waals surface area contributed by atoms with Crippen molar-refractivity contribution in [2.75, 3.05) is 31.1 Å². The number of anilines is 1. The number of amides is 1. The van der Waals surface area contributed by atoms with Crippen LogP contribution in [0.5, 0.6) is 5.75 Å². The Labute approximate surface area is 183 Å². The fourth-order valence-corrected chi connectivity index (χ4v) is 4.08. The molecule has 2 heterocycles. The lowest BCUT2D eigenvalue weighted by Crippen LogP contribution is -2.48. The minimum atomic E-state index is -0.394. The Morgan fingerprint density at radius 2 is 1.90 bits per heavy atom. The quantitative estimate of drug-likeness (QED) is 0.428. The molecule has 0 radical (unpaired) electrons. The summed E-state index contributed by atoms with van der Waals surface area (Å²) < 4.78 is 5.74. The highest BCUT2D eigenvalue weighted by Gasteiger charge is 2.23. The molecule has 0 N–H and O–H groups in total. The number of thiazole rings is 1. The van der Waals surface area contributed by atoms with Gasteiger partial charge in [0.05, 0.1) is 15.6 Å². The van der Waals surface area contributed by atoms with Gasteiger partial charge < -0.3 is 14.5 Å². The zero-order valence-corrected chi connectivity index (χ0v) is 17.9. The Hall–Kier alpha value is -3.46. The first-order valence-electron chi connectivity index (χ1n) is 9.92. The molecule has 9 heteroatoms. The maximum Gasteiger partial charge on any atom is 0.271 e. The van der Waals surface area contributed by atoms with Crippen LogP contribution < -0.4 is 9.64 Å². The number of hydrogen-bond donors (Lipinski definition) is 0. The molecule has 0 unspecified atom stereocenters. The Bertz CT molecular complexity index is 1080. The molecule has 1 saturated heterocycles. The highest BCUT2D eigenvalue weighted by molar-refractivity contribution is 7.09. The minimum Gasteiger partial charge on any atom is -0.487 e. The van der Waals surface area contributed by atoms with Crippen LogP contribution in [0.25, 0.3) is 0 Å². The number of benzene rings is 2. The molecule has 0 spiro atoms. The van der Waals surface area contributed by atoms with Crippen molar-refractivity contribution in [3.05, 3.63) is 80.3 Å². The van der Waals surface area contributed by atoms with E-state index in [1.54, 1.807) is 47.7 Å². The van der Waals surface area contributed by atoms with E-state index >= 15 is 0 Å². The predicted molar refractivity (Wildman–Crippen MR) is 119 cm³/mol. The highest BCUT2D eigenvalue weighted by atomic mass is 32.1. The van der Waals surface area contributed by atoms with E-state index in [9.17, 15) is 14.9 Å². The molecule has 160 valence electrons. The van der Waals surface area contributed by atoms with Crippen LogP contribution in [0, 0.1) is 17.0 Å². The summed E-state index contributed by atoms with van der Waals surface area (Å²) in [5, 5.41) is 14.0. The van der Waals surface area contributed by atoms with E-state index in [2.05, 4.69) is 9.88 Å². The van der Waals surface area contributed by atoms with Gasteiger partial charge in [-0.1, -0.05) is 6.07 Å². The van der Waals surface area contributed by atoms with Gasteiger partial charge in [-0.2, -0.15) is 0 Å². The number of aryl methyl sites for hydroxylation is 1. The molecule has 1 aliphatic heterocycles. The van der Waals surface area contributed by atoms with Crippen LogP contribution in [0.3, 0.4) is 0 Å². The number of piperazine rings is 1. The standard InChI is InChI=1S/C22H22N4O4S/c1-16-23-18(15-31-16)14-30-21-7-5-17(6-8-21)22(27)25-11-9-24(10-12-25)19-3-2-4-20(13-19)26(28)29/h2-8,13,15H,9-12,14H2,1H3. The third-order valence-electron chi connectivity index (χ3n) is 5.13. The van der Waals surface area contributed by atoms with E-state index in [-0.39, 0.29) is 11.6 Å². The molecule has 0 bridgehead atoms. The van der Waals surface area contributed by atoms with Crippen molar-refractivity contribution in [3.8, 4) is 5.75 Å². The number of ether oxygens (including phenoxy) is 1. The van der Waals surface area contributed by atoms with Gasteiger partial charge in [0, 0.05) is 54.9 Å². The second-order valence-corrected chi connectivity index (χ2v) is 8.29. The van der Waals surface area contributed by atoms with Crippen molar-refractivity contribution in [2.24, 2.45) is 0 Å². The molecular weight excluding hydrogens is 416 g/mol. The van der Waals surface area contributed by atoms with Gasteiger partial charge >= 0.3 is 0 Å². The van der Waals surface area contributed by atoms with Gasteiger partial charge in [0.2, 0.25) is 0 Å². The second-order valence-electron chi connectivity index (χ2n) is 7.23. The summed E-state index contributed by atoms with van der Waals surface area (Å²) in [6, 6.07) is 13.7. The van der Waals surface area contributed by atoms with Gasteiger partial charge in [0.15, 0.2) is 0 Å². The van der Waals surface area contributed by atoms with Crippen LogP contribution in [0.15, 0.2) is 53.9 Å². The number of carbonyl (C=O) groups is 1. The normalized spacial score (nSPS) is 13.8. The molecule has 1 amide bonds. The third kappa shape index (κ3) is 5.00. The molecule has 1 aliphatic rings. The van der Waals surface area contributed by atoms with Crippen LogP contribution in [-0.2, 0) is 6.61 Å². The number of rotatable bonds is 6. The van der Waals surface area contributed by atoms with Crippen LogP contribution in [-0.4, -0.2) is 46.9 Å². The van der Waals surface area contributed by atoms with Crippen LogP contribution in [0.4, 0.5) is 11.4 Å². The summed E-state index contributed by atoms with van der Waals surface area (Å²) in [6.07, 6.45) is 0. The van der Waals surface area contributed by atoms with Crippen molar-refractivity contribution in [1.29, 1.82) is 0 Å². The van der Waals surface area contributed by atoms with Crippen LogP contribution >= 0.6 is 11.3 Å². The number of aromatic nitrogens is 1. The molecule has 2 aromatic carbocycles. The van der Waals surface area contributed by atoms with Crippen LogP contribution in [0.2, 0.25) is 0 Å². The van der Waals surface area contributed by atoms with Gasteiger partial charge in [-0.3, -0.25) is 14.9 Å². The molecule has 0 atom stereocenters. The average Bonchev–Trinajstić information content (AvgIpc) is 3.23. The Kier molecular flexibility index (Phi) is 6.13. The number of nitrogens with zero attached hydrogens (tertiary/aromatic N) is 4. The largest absolute Gasteiger partial charge is 0.487 e.